The monoisotopic (exact) mass is 430 g/mol. The number of benzene rings is 2. The second kappa shape index (κ2) is 10.4. The van der Waals surface area contributed by atoms with Crippen LogP contribution < -0.4 is 10.1 Å². The normalized spacial score (nSPS) is 15.8. The van der Waals surface area contributed by atoms with E-state index in [1.807, 2.05) is 6.07 Å². The number of aliphatic imine (C=N–C) groups is 1. The summed E-state index contributed by atoms with van der Waals surface area (Å²) >= 11 is 0. The molecule has 1 heterocycles. The highest BCUT2D eigenvalue weighted by molar-refractivity contribution is 7.90. The van der Waals surface area contributed by atoms with Gasteiger partial charge in [-0.15, -0.1) is 0 Å². The van der Waals surface area contributed by atoms with Gasteiger partial charge in [0, 0.05) is 46.0 Å². The van der Waals surface area contributed by atoms with Gasteiger partial charge in [0.25, 0.3) is 0 Å². The molecule has 0 radical (unpaired) electrons. The number of rotatable bonds is 7. The van der Waals surface area contributed by atoms with Crippen LogP contribution in [0.3, 0.4) is 0 Å². The number of sulfone groups is 1. The van der Waals surface area contributed by atoms with Gasteiger partial charge in [0.1, 0.15) is 12.4 Å². The molecule has 0 unspecified atom stereocenters. The third kappa shape index (κ3) is 6.47. The highest BCUT2D eigenvalue weighted by Crippen LogP contribution is 2.15. The standard InChI is InChI=1S/C22H30N4O3S/c1-23-22(24-12-17-29-20-8-10-21(11-9-20)30(2,27)28)26-15-13-25(14-16-26)18-19-6-4-3-5-7-19/h3-11H,12-18H2,1-2H3,(H,23,24). The summed E-state index contributed by atoms with van der Waals surface area (Å²) in [4.78, 5) is 9.41. The molecule has 1 fully saturated rings. The fourth-order valence-corrected chi connectivity index (χ4v) is 4.04. The van der Waals surface area contributed by atoms with Crippen LogP contribution in [-0.4, -0.2) is 76.8 Å². The highest BCUT2D eigenvalue weighted by atomic mass is 32.2. The van der Waals surface area contributed by atoms with Crippen LogP contribution in [0.1, 0.15) is 5.56 Å². The molecule has 2 aromatic rings. The summed E-state index contributed by atoms with van der Waals surface area (Å²) in [5, 5.41) is 3.35. The fourth-order valence-electron chi connectivity index (χ4n) is 3.41. The average Bonchev–Trinajstić information content (AvgIpc) is 2.75. The Morgan fingerprint density at radius 2 is 1.70 bits per heavy atom. The van der Waals surface area contributed by atoms with E-state index in [1.54, 1.807) is 31.3 Å². The van der Waals surface area contributed by atoms with Gasteiger partial charge in [-0.25, -0.2) is 8.42 Å². The predicted octanol–water partition coefficient (Wildman–Crippen LogP) is 1.86. The lowest BCUT2D eigenvalue weighted by atomic mass is 10.2. The Kier molecular flexibility index (Phi) is 7.70. The molecule has 0 atom stereocenters. The maximum atomic E-state index is 11.5. The van der Waals surface area contributed by atoms with Crippen molar-refractivity contribution in [2.45, 2.75) is 11.4 Å². The van der Waals surface area contributed by atoms with Gasteiger partial charge in [0.15, 0.2) is 15.8 Å². The van der Waals surface area contributed by atoms with Crippen molar-refractivity contribution in [2.24, 2.45) is 4.99 Å². The maximum Gasteiger partial charge on any atom is 0.193 e. The minimum absolute atomic E-state index is 0.291. The van der Waals surface area contributed by atoms with Crippen molar-refractivity contribution in [3.63, 3.8) is 0 Å². The molecular formula is C22H30N4O3S. The molecule has 2 aromatic carbocycles. The second-order valence-corrected chi connectivity index (χ2v) is 9.33. The predicted molar refractivity (Wildman–Crippen MR) is 120 cm³/mol. The lowest BCUT2D eigenvalue weighted by Gasteiger charge is -2.36. The molecule has 0 saturated carbocycles. The lowest BCUT2D eigenvalue weighted by Crippen LogP contribution is -2.52. The van der Waals surface area contributed by atoms with Gasteiger partial charge in [-0.2, -0.15) is 0 Å². The second-order valence-electron chi connectivity index (χ2n) is 7.31. The molecule has 1 N–H and O–H groups in total. The van der Waals surface area contributed by atoms with Crippen molar-refractivity contribution in [3.05, 3.63) is 60.2 Å². The van der Waals surface area contributed by atoms with E-state index in [2.05, 4.69) is 44.4 Å². The molecule has 7 nitrogen and oxygen atoms in total. The Labute approximate surface area is 179 Å². The topological polar surface area (TPSA) is 74.2 Å². The van der Waals surface area contributed by atoms with Crippen LogP contribution in [-0.2, 0) is 16.4 Å². The molecule has 0 aromatic heterocycles. The van der Waals surface area contributed by atoms with Gasteiger partial charge in [-0.05, 0) is 29.8 Å². The first kappa shape index (κ1) is 22.1. The minimum Gasteiger partial charge on any atom is -0.492 e. The number of guanidine groups is 1. The van der Waals surface area contributed by atoms with Crippen LogP contribution in [0.15, 0.2) is 64.5 Å². The van der Waals surface area contributed by atoms with Gasteiger partial charge in [-0.1, -0.05) is 30.3 Å². The average molecular weight is 431 g/mol. The molecule has 0 spiro atoms. The summed E-state index contributed by atoms with van der Waals surface area (Å²) < 4.78 is 28.7. The van der Waals surface area contributed by atoms with Crippen LogP contribution in [0.25, 0.3) is 0 Å². The molecule has 30 heavy (non-hydrogen) atoms. The van der Waals surface area contributed by atoms with Crippen LogP contribution in [0.5, 0.6) is 5.75 Å². The highest BCUT2D eigenvalue weighted by Gasteiger charge is 2.19. The summed E-state index contributed by atoms with van der Waals surface area (Å²) in [6.45, 7) is 5.92. The van der Waals surface area contributed by atoms with Crippen molar-refractivity contribution in [1.82, 2.24) is 15.1 Å². The minimum atomic E-state index is -3.19. The van der Waals surface area contributed by atoms with E-state index < -0.39 is 9.84 Å². The number of nitrogens with zero attached hydrogens (tertiary/aromatic N) is 3. The number of hydrogen-bond donors (Lipinski definition) is 1. The van der Waals surface area contributed by atoms with Gasteiger partial charge in [0.05, 0.1) is 11.4 Å². The molecule has 0 bridgehead atoms. The summed E-state index contributed by atoms with van der Waals surface area (Å²) in [7, 11) is -1.39. The molecule has 162 valence electrons. The maximum absolute atomic E-state index is 11.5. The zero-order chi connectivity index (χ0) is 21.4. The van der Waals surface area contributed by atoms with Crippen molar-refractivity contribution < 1.29 is 13.2 Å². The Balaban J connectivity index is 1.39. The zero-order valence-corrected chi connectivity index (χ0v) is 18.4. The Morgan fingerprint density at radius 3 is 2.30 bits per heavy atom. The van der Waals surface area contributed by atoms with Crippen LogP contribution in [0.4, 0.5) is 0 Å². The van der Waals surface area contributed by atoms with Gasteiger partial charge < -0.3 is 15.0 Å². The summed E-state index contributed by atoms with van der Waals surface area (Å²) in [5.41, 5.74) is 1.34. The molecule has 8 heteroatoms. The molecule has 1 aliphatic rings. The fraction of sp³-hybridized carbons (Fsp3) is 0.409. The number of hydrogen-bond acceptors (Lipinski definition) is 5. The van der Waals surface area contributed by atoms with E-state index in [0.717, 1.165) is 38.7 Å². The van der Waals surface area contributed by atoms with E-state index in [4.69, 9.17) is 4.74 Å². The Morgan fingerprint density at radius 1 is 1.03 bits per heavy atom. The third-order valence-corrected chi connectivity index (χ3v) is 6.17. The van der Waals surface area contributed by atoms with Gasteiger partial charge in [0.2, 0.25) is 0 Å². The lowest BCUT2D eigenvalue weighted by molar-refractivity contribution is 0.172. The van der Waals surface area contributed by atoms with Crippen LogP contribution in [0.2, 0.25) is 0 Å². The molecule has 0 aliphatic carbocycles. The number of piperazine rings is 1. The van der Waals surface area contributed by atoms with E-state index in [1.165, 1.54) is 11.8 Å². The molecule has 1 saturated heterocycles. The van der Waals surface area contributed by atoms with Crippen molar-refractivity contribution in [3.8, 4) is 5.75 Å². The zero-order valence-electron chi connectivity index (χ0n) is 17.6. The Bertz CT molecular complexity index is 923. The summed E-state index contributed by atoms with van der Waals surface area (Å²) in [6.07, 6.45) is 1.19. The van der Waals surface area contributed by atoms with Gasteiger partial charge in [-0.3, -0.25) is 9.89 Å². The van der Waals surface area contributed by atoms with Crippen molar-refractivity contribution in [2.75, 3.05) is 52.6 Å². The van der Waals surface area contributed by atoms with E-state index in [9.17, 15) is 8.42 Å². The van der Waals surface area contributed by atoms with E-state index >= 15 is 0 Å². The van der Waals surface area contributed by atoms with E-state index in [0.29, 0.717) is 23.8 Å². The van der Waals surface area contributed by atoms with Crippen LogP contribution >= 0.6 is 0 Å². The smallest absolute Gasteiger partial charge is 0.193 e. The van der Waals surface area contributed by atoms with Crippen LogP contribution in [0, 0.1) is 0 Å². The molecule has 3 rings (SSSR count). The number of ether oxygens (including phenoxy) is 1. The quantitative estimate of drug-likeness (QED) is 0.411. The first-order valence-electron chi connectivity index (χ1n) is 10.1. The Hall–Kier alpha value is -2.58. The van der Waals surface area contributed by atoms with Crippen molar-refractivity contribution >= 4 is 15.8 Å². The SMILES string of the molecule is CN=C(NCCOc1ccc(S(C)(=O)=O)cc1)N1CCN(Cc2ccccc2)CC1. The molecular weight excluding hydrogens is 400 g/mol. The molecule has 1 aliphatic heterocycles. The van der Waals surface area contributed by atoms with Crippen molar-refractivity contribution in [1.29, 1.82) is 0 Å². The third-order valence-electron chi connectivity index (χ3n) is 5.04. The first-order chi connectivity index (χ1) is 14.5. The van der Waals surface area contributed by atoms with E-state index in [-0.39, 0.29) is 0 Å². The number of nitrogens with one attached hydrogen (secondary N) is 1. The summed E-state index contributed by atoms with van der Waals surface area (Å²) in [5.74, 6) is 1.53. The molecule has 0 amide bonds. The first-order valence-corrected chi connectivity index (χ1v) is 12.0. The largest absolute Gasteiger partial charge is 0.492 e. The van der Waals surface area contributed by atoms with Gasteiger partial charge >= 0.3 is 0 Å². The summed E-state index contributed by atoms with van der Waals surface area (Å²) in [6, 6.07) is 17.0.